The van der Waals surface area contributed by atoms with E-state index in [0.29, 0.717) is 0 Å². The summed E-state index contributed by atoms with van der Waals surface area (Å²) in [4.78, 5) is 4.30. The number of nitrogens with zero attached hydrogens (tertiary/aromatic N) is 2. The van der Waals surface area contributed by atoms with E-state index < -0.39 is 0 Å². The van der Waals surface area contributed by atoms with E-state index in [2.05, 4.69) is 20.5 Å². The van der Waals surface area contributed by atoms with Crippen LogP contribution in [0.5, 0.6) is 11.5 Å². The lowest BCUT2D eigenvalue weighted by molar-refractivity contribution is 0.387. The van der Waals surface area contributed by atoms with E-state index in [9.17, 15) is 0 Å². The number of aryl methyl sites for hydroxylation is 1. The molecular formula is C14H20N4O2S. The maximum Gasteiger partial charge on any atom is 0.208 e. The fourth-order valence-electron chi connectivity index (χ4n) is 1.98. The maximum absolute atomic E-state index is 5.46. The van der Waals surface area contributed by atoms with Crippen molar-refractivity contribution >= 4 is 11.8 Å². The largest absolute Gasteiger partial charge is 0.497 e. The van der Waals surface area contributed by atoms with Crippen LogP contribution in [0.2, 0.25) is 0 Å². The van der Waals surface area contributed by atoms with Gasteiger partial charge in [0.05, 0.1) is 14.2 Å². The first-order valence-corrected chi connectivity index (χ1v) is 7.57. The Morgan fingerprint density at radius 2 is 2.14 bits per heavy atom. The molecule has 0 bridgehead atoms. The van der Waals surface area contributed by atoms with Crippen molar-refractivity contribution in [3.8, 4) is 11.5 Å². The number of thioether (sulfide) groups is 1. The van der Waals surface area contributed by atoms with Crippen LogP contribution in [0.25, 0.3) is 0 Å². The third kappa shape index (κ3) is 3.89. The second-order valence-corrected chi connectivity index (χ2v) is 5.45. The molecule has 7 heteroatoms. The van der Waals surface area contributed by atoms with E-state index in [1.165, 1.54) is 0 Å². The number of ether oxygens (including phenoxy) is 2. The van der Waals surface area contributed by atoms with Gasteiger partial charge in [0.2, 0.25) is 5.16 Å². The molecule has 0 saturated heterocycles. The SMILES string of the molecule is CNC(CSc1n[nH]c(C)n1)c1ccc(OC)cc1OC. The number of hydrogen-bond acceptors (Lipinski definition) is 6. The molecule has 0 aliphatic heterocycles. The van der Waals surface area contributed by atoms with Crippen molar-refractivity contribution in [2.45, 2.75) is 18.1 Å². The van der Waals surface area contributed by atoms with Crippen molar-refractivity contribution in [2.24, 2.45) is 0 Å². The van der Waals surface area contributed by atoms with Crippen molar-refractivity contribution in [3.05, 3.63) is 29.6 Å². The van der Waals surface area contributed by atoms with Gasteiger partial charge in [0.15, 0.2) is 0 Å². The Morgan fingerprint density at radius 3 is 2.71 bits per heavy atom. The van der Waals surface area contributed by atoms with E-state index in [0.717, 1.165) is 33.8 Å². The Bertz CT molecular complexity index is 588. The second-order valence-electron chi connectivity index (χ2n) is 4.46. The third-order valence-electron chi connectivity index (χ3n) is 3.12. The summed E-state index contributed by atoms with van der Waals surface area (Å²) < 4.78 is 10.7. The molecule has 1 unspecified atom stereocenters. The summed E-state index contributed by atoms with van der Waals surface area (Å²) in [6, 6.07) is 5.97. The molecule has 21 heavy (non-hydrogen) atoms. The molecule has 1 atom stereocenters. The summed E-state index contributed by atoms with van der Waals surface area (Å²) in [6.07, 6.45) is 0. The van der Waals surface area contributed by atoms with Crippen LogP contribution in [-0.2, 0) is 0 Å². The molecule has 0 aliphatic rings. The Hall–Kier alpha value is -1.73. The number of aromatic nitrogens is 3. The third-order valence-corrected chi connectivity index (χ3v) is 4.06. The van der Waals surface area contributed by atoms with Crippen LogP contribution < -0.4 is 14.8 Å². The summed E-state index contributed by atoms with van der Waals surface area (Å²) >= 11 is 1.60. The predicted octanol–water partition coefficient (Wildman–Crippen LogP) is 2.18. The van der Waals surface area contributed by atoms with E-state index in [-0.39, 0.29) is 6.04 Å². The molecule has 1 heterocycles. The fraction of sp³-hybridized carbons (Fsp3) is 0.429. The zero-order chi connectivity index (χ0) is 15.2. The maximum atomic E-state index is 5.46. The van der Waals surface area contributed by atoms with Gasteiger partial charge in [-0.1, -0.05) is 17.8 Å². The first-order chi connectivity index (χ1) is 10.2. The Morgan fingerprint density at radius 1 is 1.33 bits per heavy atom. The van der Waals surface area contributed by atoms with Crippen LogP contribution in [0.15, 0.2) is 23.4 Å². The molecule has 0 spiro atoms. The van der Waals surface area contributed by atoms with Gasteiger partial charge in [-0.05, 0) is 20.0 Å². The van der Waals surface area contributed by atoms with Gasteiger partial charge in [0.25, 0.3) is 0 Å². The molecule has 2 N–H and O–H groups in total. The molecule has 1 aromatic heterocycles. The second kappa shape index (κ2) is 7.33. The standard InChI is InChI=1S/C14H20N4O2S/c1-9-16-14(18-17-9)21-8-12(15-2)11-6-5-10(19-3)7-13(11)20-4/h5-7,12,15H,8H2,1-4H3,(H,16,17,18). The number of nitrogens with one attached hydrogen (secondary N) is 2. The van der Waals surface area contributed by atoms with E-state index >= 15 is 0 Å². The Kier molecular flexibility index (Phi) is 5.46. The molecule has 114 valence electrons. The summed E-state index contributed by atoms with van der Waals surface area (Å²) in [6.45, 7) is 1.89. The summed E-state index contributed by atoms with van der Waals surface area (Å²) in [5, 5.41) is 11.0. The number of H-pyrrole nitrogens is 1. The minimum Gasteiger partial charge on any atom is -0.497 e. The van der Waals surface area contributed by atoms with Gasteiger partial charge in [-0.3, -0.25) is 5.10 Å². The molecule has 6 nitrogen and oxygen atoms in total. The van der Waals surface area contributed by atoms with Gasteiger partial charge in [-0.15, -0.1) is 5.10 Å². The normalized spacial score (nSPS) is 12.2. The van der Waals surface area contributed by atoms with Gasteiger partial charge < -0.3 is 14.8 Å². The highest BCUT2D eigenvalue weighted by molar-refractivity contribution is 7.99. The molecule has 0 aliphatic carbocycles. The van der Waals surface area contributed by atoms with Gasteiger partial charge in [-0.2, -0.15) is 0 Å². The minimum atomic E-state index is 0.134. The molecule has 2 aromatic rings. The van der Waals surface area contributed by atoms with Gasteiger partial charge >= 0.3 is 0 Å². The van der Waals surface area contributed by atoms with Crippen molar-refractivity contribution in [1.29, 1.82) is 0 Å². The first kappa shape index (κ1) is 15.7. The number of rotatable bonds is 7. The summed E-state index contributed by atoms with van der Waals surface area (Å²) in [5.74, 6) is 3.21. The Labute approximate surface area is 128 Å². The van der Waals surface area contributed by atoms with Crippen LogP contribution in [-0.4, -0.2) is 42.2 Å². The van der Waals surface area contributed by atoms with Crippen molar-refractivity contribution in [1.82, 2.24) is 20.5 Å². The highest BCUT2D eigenvalue weighted by atomic mass is 32.2. The lowest BCUT2D eigenvalue weighted by atomic mass is 10.1. The smallest absolute Gasteiger partial charge is 0.208 e. The van der Waals surface area contributed by atoms with E-state index in [1.807, 2.05) is 32.2 Å². The zero-order valence-corrected chi connectivity index (χ0v) is 13.5. The Balaban J connectivity index is 2.12. The number of aromatic amines is 1. The van der Waals surface area contributed by atoms with Crippen molar-refractivity contribution in [2.75, 3.05) is 27.0 Å². The molecule has 1 aromatic carbocycles. The number of methoxy groups -OCH3 is 2. The first-order valence-electron chi connectivity index (χ1n) is 6.59. The average molecular weight is 308 g/mol. The number of benzene rings is 1. The summed E-state index contributed by atoms with van der Waals surface area (Å²) in [5.41, 5.74) is 1.08. The lowest BCUT2D eigenvalue weighted by Crippen LogP contribution is -2.19. The minimum absolute atomic E-state index is 0.134. The monoisotopic (exact) mass is 308 g/mol. The molecule has 0 saturated carbocycles. The molecule has 0 fully saturated rings. The predicted molar refractivity (Wildman–Crippen MR) is 83.2 cm³/mol. The van der Waals surface area contributed by atoms with Crippen LogP contribution >= 0.6 is 11.8 Å². The number of hydrogen-bond donors (Lipinski definition) is 2. The summed E-state index contributed by atoms with van der Waals surface area (Å²) in [7, 11) is 5.24. The van der Waals surface area contributed by atoms with Gasteiger partial charge in [0, 0.05) is 23.4 Å². The molecule has 0 amide bonds. The molecule has 0 radical (unpaired) electrons. The highest BCUT2D eigenvalue weighted by Gasteiger charge is 2.16. The molecule has 2 rings (SSSR count). The van der Waals surface area contributed by atoms with Crippen LogP contribution in [0, 0.1) is 6.92 Å². The topological polar surface area (TPSA) is 72.1 Å². The van der Waals surface area contributed by atoms with Crippen LogP contribution in [0.3, 0.4) is 0 Å². The van der Waals surface area contributed by atoms with Crippen molar-refractivity contribution < 1.29 is 9.47 Å². The van der Waals surface area contributed by atoms with Crippen LogP contribution in [0.1, 0.15) is 17.4 Å². The molecular weight excluding hydrogens is 288 g/mol. The zero-order valence-electron chi connectivity index (χ0n) is 12.6. The lowest BCUT2D eigenvalue weighted by Gasteiger charge is -2.19. The average Bonchev–Trinajstić information content (AvgIpc) is 2.93. The van der Waals surface area contributed by atoms with Gasteiger partial charge in [0.1, 0.15) is 17.3 Å². The van der Waals surface area contributed by atoms with E-state index in [1.54, 1.807) is 26.0 Å². The van der Waals surface area contributed by atoms with Gasteiger partial charge in [-0.25, -0.2) is 4.98 Å². The van der Waals surface area contributed by atoms with Crippen LogP contribution in [0.4, 0.5) is 0 Å². The van der Waals surface area contributed by atoms with E-state index in [4.69, 9.17) is 9.47 Å². The quantitative estimate of drug-likeness (QED) is 0.764. The van der Waals surface area contributed by atoms with Crippen molar-refractivity contribution in [3.63, 3.8) is 0 Å². The highest BCUT2D eigenvalue weighted by Crippen LogP contribution is 2.32. The fourth-order valence-corrected chi connectivity index (χ4v) is 2.95.